The van der Waals surface area contributed by atoms with Crippen LogP contribution in [-0.2, 0) is 19.1 Å². The van der Waals surface area contributed by atoms with E-state index in [1.54, 1.807) is 0 Å². The van der Waals surface area contributed by atoms with Crippen molar-refractivity contribution in [2.75, 3.05) is 13.7 Å². The zero-order chi connectivity index (χ0) is 19.4. The monoisotopic (exact) mass is 368 g/mol. The molecule has 0 aliphatic heterocycles. The van der Waals surface area contributed by atoms with E-state index >= 15 is 0 Å². The van der Waals surface area contributed by atoms with Gasteiger partial charge in [0.1, 0.15) is 12.6 Å². The topological polar surface area (TPSA) is 108 Å². The molecule has 0 saturated carbocycles. The number of fused-ring (bicyclic) bond motifs is 3. The minimum absolute atomic E-state index is 0.0418. The van der Waals surface area contributed by atoms with Crippen LogP contribution in [0.2, 0.25) is 0 Å². The Morgan fingerprint density at radius 2 is 1.59 bits per heavy atom. The molecule has 27 heavy (non-hydrogen) atoms. The molecule has 7 heteroatoms. The fourth-order valence-electron chi connectivity index (χ4n) is 3.28. The van der Waals surface area contributed by atoms with E-state index in [1.807, 2.05) is 48.5 Å². The number of amides is 1. The Morgan fingerprint density at radius 3 is 2.11 bits per heavy atom. The van der Waals surface area contributed by atoms with E-state index < -0.39 is 24.1 Å². The van der Waals surface area contributed by atoms with E-state index in [-0.39, 0.29) is 18.9 Å². The first kappa shape index (κ1) is 18.6. The number of nitrogens with two attached hydrogens (primary N) is 1. The smallest absolute Gasteiger partial charge is 0.433 e. The van der Waals surface area contributed by atoms with E-state index in [0.29, 0.717) is 0 Å². The minimum atomic E-state index is -1.11. The van der Waals surface area contributed by atoms with Gasteiger partial charge in [0, 0.05) is 5.92 Å². The Balaban J connectivity index is 1.66. The van der Waals surface area contributed by atoms with Gasteiger partial charge < -0.3 is 20.5 Å². The molecule has 0 fully saturated rings. The summed E-state index contributed by atoms with van der Waals surface area (Å²) in [6, 6.07) is 14.8. The van der Waals surface area contributed by atoms with Gasteiger partial charge in [-0.3, -0.25) is 4.79 Å². The molecule has 1 atom stereocenters. The average Bonchev–Trinajstić information content (AvgIpc) is 2.98. The summed E-state index contributed by atoms with van der Waals surface area (Å²) < 4.78 is 9.85. The van der Waals surface area contributed by atoms with E-state index in [9.17, 15) is 14.4 Å². The average molecular weight is 368 g/mol. The lowest BCUT2D eigenvalue weighted by atomic mass is 9.98. The van der Waals surface area contributed by atoms with E-state index in [4.69, 9.17) is 10.5 Å². The molecule has 0 bridgehead atoms. The Bertz CT molecular complexity index is 835. The molecule has 0 aromatic heterocycles. The van der Waals surface area contributed by atoms with Crippen molar-refractivity contribution in [2.45, 2.75) is 18.4 Å². The Morgan fingerprint density at radius 1 is 1.04 bits per heavy atom. The highest BCUT2D eigenvalue weighted by molar-refractivity contribution is 5.89. The second-order valence-corrected chi connectivity index (χ2v) is 6.22. The zero-order valence-electron chi connectivity index (χ0n) is 14.8. The normalized spacial score (nSPS) is 13.4. The number of benzene rings is 2. The van der Waals surface area contributed by atoms with Crippen LogP contribution in [0.3, 0.4) is 0 Å². The summed E-state index contributed by atoms with van der Waals surface area (Å²) >= 11 is 0. The van der Waals surface area contributed by atoms with Crippen molar-refractivity contribution < 1.29 is 23.9 Å². The number of hydrogen-bond acceptors (Lipinski definition) is 6. The molecule has 3 N–H and O–H groups in total. The second-order valence-electron chi connectivity index (χ2n) is 6.22. The van der Waals surface area contributed by atoms with Crippen LogP contribution in [0.5, 0.6) is 0 Å². The predicted octanol–water partition coefficient (Wildman–Crippen LogP) is 1.94. The predicted molar refractivity (Wildman–Crippen MR) is 97.8 cm³/mol. The molecular formula is C20H20N2O5. The number of carbonyl (C=O) groups is 3. The summed E-state index contributed by atoms with van der Waals surface area (Å²) in [5, 5.41) is 2.58. The number of likely N-dealkylation sites (N-methyl/N-ethyl adjacent to an activating group) is 1. The van der Waals surface area contributed by atoms with Gasteiger partial charge in [0.05, 0.1) is 6.42 Å². The number of ether oxygens (including phenoxy) is 2. The highest BCUT2D eigenvalue weighted by Crippen LogP contribution is 2.44. The molecule has 2 aromatic carbocycles. The molecule has 0 unspecified atom stereocenters. The van der Waals surface area contributed by atoms with Crippen LogP contribution in [0, 0.1) is 0 Å². The summed E-state index contributed by atoms with van der Waals surface area (Å²) in [4.78, 5) is 34.8. The first-order valence-electron chi connectivity index (χ1n) is 8.53. The van der Waals surface area contributed by atoms with Crippen LogP contribution in [0.4, 0.5) is 4.79 Å². The van der Waals surface area contributed by atoms with E-state index in [2.05, 4.69) is 10.1 Å². The van der Waals surface area contributed by atoms with Crippen LogP contribution in [0.15, 0.2) is 48.5 Å². The molecule has 0 heterocycles. The van der Waals surface area contributed by atoms with Gasteiger partial charge in [-0.2, -0.15) is 0 Å². The molecule has 2 aromatic rings. The maximum atomic E-state index is 11.9. The number of rotatable bonds is 6. The van der Waals surface area contributed by atoms with Gasteiger partial charge >= 0.3 is 12.1 Å². The molecule has 0 saturated heterocycles. The van der Waals surface area contributed by atoms with E-state index in [0.717, 1.165) is 22.3 Å². The molecule has 0 spiro atoms. The van der Waals surface area contributed by atoms with Crippen molar-refractivity contribution in [1.82, 2.24) is 5.32 Å². The van der Waals surface area contributed by atoms with Gasteiger partial charge in [0.15, 0.2) is 0 Å². The fraction of sp³-hybridized carbons (Fsp3) is 0.250. The van der Waals surface area contributed by atoms with E-state index in [1.165, 1.54) is 7.05 Å². The van der Waals surface area contributed by atoms with Crippen molar-refractivity contribution in [3.63, 3.8) is 0 Å². The Labute approximate surface area is 156 Å². The number of nitrogens with one attached hydrogen (secondary N) is 1. The highest BCUT2D eigenvalue weighted by atomic mass is 16.7. The minimum Gasteiger partial charge on any atom is -0.433 e. The quantitative estimate of drug-likeness (QED) is 0.596. The molecule has 1 aliphatic carbocycles. The van der Waals surface area contributed by atoms with Gasteiger partial charge in [-0.15, -0.1) is 0 Å². The number of carbonyl (C=O) groups excluding carboxylic acids is 3. The number of hydrogen-bond donors (Lipinski definition) is 2. The zero-order valence-corrected chi connectivity index (χ0v) is 14.8. The first-order chi connectivity index (χ1) is 13.0. The summed E-state index contributed by atoms with van der Waals surface area (Å²) in [6.07, 6.45) is -1.38. The second kappa shape index (κ2) is 8.01. The van der Waals surface area contributed by atoms with Crippen LogP contribution < -0.4 is 11.1 Å². The molecule has 1 aliphatic rings. The summed E-state index contributed by atoms with van der Waals surface area (Å²) in [5.74, 6) is -1.72. The van der Waals surface area contributed by atoms with Crippen LogP contribution >= 0.6 is 0 Å². The molecule has 1 amide bonds. The summed E-state index contributed by atoms with van der Waals surface area (Å²) in [5.41, 5.74) is 9.38. The fourth-order valence-corrected chi connectivity index (χ4v) is 3.28. The highest BCUT2D eigenvalue weighted by Gasteiger charge is 2.30. The summed E-state index contributed by atoms with van der Waals surface area (Å²) in [7, 11) is 1.46. The lowest BCUT2D eigenvalue weighted by molar-refractivity contribution is -0.143. The maximum Gasteiger partial charge on any atom is 0.516 e. The van der Waals surface area contributed by atoms with Crippen molar-refractivity contribution in [3.05, 3.63) is 59.7 Å². The molecule has 3 rings (SSSR count). The lowest BCUT2D eigenvalue weighted by Gasteiger charge is -2.15. The van der Waals surface area contributed by atoms with Gasteiger partial charge in [0.25, 0.3) is 0 Å². The van der Waals surface area contributed by atoms with Gasteiger partial charge in [-0.25, -0.2) is 9.59 Å². The molecule has 0 radical (unpaired) electrons. The Kier molecular flexibility index (Phi) is 5.52. The summed E-state index contributed by atoms with van der Waals surface area (Å²) in [6.45, 7) is 0.0418. The van der Waals surface area contributed by atoms with Crippen molar-refractivity contribution >= 4 is 18.0 Å². The lowest BCUT2D eigenvalue weighted by Crippen LogP contribution is -2.40. The van der Waals surface area contributed by atoms with Crippen molar-refractivity contribution in [1.29, 1.82) is 0 Å². The molecular weight excluding hydrogens is 348 g/mol. The third kappa shape index (κ3) is 3.98. The maximum absolute atomic E-state index is 11.9. The van der Waals surface area contributed by atoms with Crippen molar-refractivity contribution in [3.8, 4) is 11.1 Å². The molecule has 7 nitrogen and oxygen atoms in total. The SMILES string of the molecule is CN[C@H](CC(N)=O)C(=O)OC(=O)OCC1c2ccccc2-c2ccccc21. The van der Waals surface area contributed by atoms with Crippen molar-refractivity contribution in [2.24, 2.45) is 5.73 Å². The van der Waals surface area contributed by atoms with Gasteiger partial charge in [-0.1, -0.05) is 48.5 Å². The first-order valence-corrected chi connectivity index (χ1v) is 8.53. The third-order valence-electron chi connectivity index (χ3n) is 4.55. The standard InChI is InChI=1S/C20H20N2O5/c1-22-17(10-18(21)23)19(24)27-20(25)26-11-16-14-8-4-2-6-12(14)13-7-3-5-9-15(13)16/h2-9,16-17,22H,10-11H2,1H3,(H2,21,23)/t17-/m1/s1. The van der Waals surface area contributed by atoms with Crippen LogP contribution in [-0.4, -0.2) is 37.7 Å². The number of esters is 1. The third-order valence-corrected chi connectivity index (χ3v) is 4.55. The Hall–Kier alpha value is -3.19. The number of primary amides is 1. The largest absolute Gasteiger partial charge is 0.516 e. The van der Waals surface area contributed by atoms with Gasteiger partial charge in [0.2, 0.25) is 5.91 Å². The molecule has 140 valence electrons. The van der Waals surface area contributed by atoms with Crippen LogP contribution in [0.25, 0.3) is 11.1 Å². The van der Waals surface area contributed by atoms with Gasteiger partial charge in [-0.05, 0) is 29.3 Å². The van der Waals surface area contributed by atoms with Crippen LogP contribution in [0.1, 0.15) is 23.5 Å².